The van der Waals surface area contributed by atoms with E-state index in [0.29, 0.717) is 0 Å². The van der Waals surface area contributed by atoms with E-state index in [1.165, 1.54) is 0 Å². The van der Waals surface area contributed by atoms with Gasteiger partial charge in [0.1, 0.15) is 6.04 Å². The highest BCUT2D eigenvalue weighted by Crippen LogP contribution is 2.20. The Balaban J connectivity index is 1.91. The molecular weight excluding hydrogens is 226 g/mol. The van der Waals surface area contributed by atoms with Crippen LogP contribution in [0, 0.1) is 0 Å². The summed E-state index contributed by atoms with van der Waals surface area (Å²) >= 11 is 0. The summed E-state index contributed by atoms with van der Waals surface area (Å²) in [5.41, 5.74) is 1.97. The number of hydrogen-bond acceptors (Lipinski definition) is 2. The summed E-state index contributed by atoms with van der Waals surface area (Å²) in [5, 5.41) is 0. The number of likely N-dealkylation sites (tertiary alicyclic amines) is 1. The fraction of sp³-hybridized carbons (Fsp3) is 0.429. The van der Waals surface area contributed by atoms with E-state index in [1.807, 2.05) is 40.7 Å². The topological polar surface area (TPSA) is 38.1 Å². The Morgan fingerprint density at radius 3 is 2.78 bits per heavy atom. The summed E-state index contributed by atoms with van der Waals surface area (Å²) in [6, 6.07) is 7.75. The van der Waals surface area contributed by atoms with Crippen molar-refractivity contribution in [1.82, 2.24) is 14.5 Å². The highest BCUT2D eigenvalue weighted by Gasteiger charge is 2.25. The van der Waals surface area contributed by atoms with Crippen LogP contribution in [0.3, 0.4) is 0 Å². The van der Waals surface area contributed by atoms with E-state index in [4.69, 9.17) is 0 Å². The molecule has 0 spiro atoms. The van der Waals surface area contributed by atoms with E-state index in [1.54, 1.807) is 6.33 Å². The second-order valence-electron chi connectivity index (χ2n) is 4.85. The summed E-state index contributed by atoms with van der Waals surface area (Å²) in [4.78, 5) is 18.7. The van der Waals surface area contributed by atoms with Crippen molar-refractivity contribution in [3.8, 4) is 0 Å². The number of carbonyl (C=O) groups is 1. The van der Waals surface area contributed by atoms with Gasteiger partial charge in [0, 0.05) is 13.1 Å². The fourth-order valence-corrected chi connectivity index (χ4v) is 2.61. The average Bonchev–Trinajstić information content (AvgIpc) is 3.06. The van der Waals surface area contributed by atoms with Gasteiger partial charge in [0.05, 0.1) is 17.4 Å². The molecule has 0 N–H and O–H groups in total. The van der Waals surface area contributed by atoms with Gasteiger partial charge in [-0.15, -0.1) is 0 Å². The molecule has 0 bridgehead atoms. The number of amides is 1. The molecule has 94 valence electrons. The van der Waals surface area contributed by atoms with Crippen molar-refractivity contribution in [2.75, 3.05) is 13.1 Å². The van der Waals surface area contributed by atoms with Gasteiger partial charge >= 0.3 is 0 Å². The van der Waals surface area contributed by atoms with E-state index in [9.17, 15) is 4.79 Å². The first-order valence-corrected chi connectivity index (χ1v) is 6.48. The number of benzene rings is 1. The third-order valence-electron chi connectivity index (χ3n) is 3.67. The highest BCUT2D eigenvalue weighted by atomic mass is 16.2. The van der Waals surface area contributed by atoms with Crippen molar-refractivity contribution in [1.29, 1.82) is 0 Å². The number of hydrogen-bond donors (Lipinski definition) is 0. The first kappa shape index (κ1) is 11.3. The Hall–Kier alpha value is -1.84. The average molecular weight is 243 g/mol. The molecule has 2 aromatic rings. The van der Waals surface area contributed by atoms with Gasteiger partial charge in [-0.2, -0.15) is 0 Å². The Morgan fingerprint density at radius 1 is 1.28 bits per heavy atom. The minimum Gasteiger partial charge on any atom is -0.341 e. The van der Waals surface area contributed by atoms with Crippen molar-refractivity contribution >= 4 is 16.9 Å². The Kier molecular flexibility index (Phi) is 2.78. The number of fused-ring (bicyclic) bond motifs is 1. The minimum absolute atomic E-state index is 0.171. The van der Waals surface area contributed by atoms with Crippen LogP contribution in [0.25, 0.3) is 11.0 Å². The largest absolute Gasteiger partial charge is 0.341 e. The van der Waals surface area contributed by atoms with Gasteiger partial charge in [-0.05, 0) is 31.9 Å². The maximum atomic E-state index is 12.4. The van der Waals surface area contributed by atoms with Gasteiger partial charge in [0.2, 0.25) is 5.91 Å². The number of aromatic nitrogens is 2. The lowest BCUT2D eigenvalue weighted by molar-refractivity contribution is -0.133. The van der Waals surface area contributed by atoms with E-state index in [-0.39, 0.29) is 11.9 Å². The summed E-state index contributed by atoms with van der Waals surface area (Å²) < 4.78 is 1.97. The number of nitrogens with zero attached hydrogens (tertiary/aromatic N) is 3. The number of imidazole rings is 1. The second kappa shape index (κ2) is 4.44. The molecule has 1 aliphatic heterocycles. The highest BCUT2D eigenvalue weighted by molar-refractivity contribution is 5.83. The molecule has 1 fully saturated rings. The van der Waals surface area contributed by atoms with Crippen molar-refractivity contribution in [2.24, 2.45) is 0 Å². The quantitative estimate of drug-likeness (QED) is 0.811. The standard InChI is InChI=1S/C14H17N3O/c1-11(14(18)16-8-4-5-9-16)17-10-15-12-6-2-3-7-13(12)17/h2-3,6-7,10-11H,4-5,8-9H2,1H3. The van der Waals surface area contributed by atoms with Crippen LogP contribution in [-0.2, 0) is 4.79 Å². The molecule has 3 rings (SSSR count). The van der Waals surface area contributed by atoms with Gasteiger partial charge in [-0.1, -0.05) is 12.1 Å². The lowest BCUT2D eigenvalue weighted by Gasteiger charge is -2.21. The molecule has 1 aromatic carbocycles. The second-order valence-corrected chi connectivity index (χ2v) is 4.85. The molecular formula is C14H17N3O. The fourth-order valence-electron chi connectivity index (χ4n) is 2.61. The van der Waals surface area contributed by atoms with Crippen molar-refractivity contribution in [3.63, 3.8) is 0 Å². The summed E-state index contributed by atoms with van der Waals surface area (Å²) in [6.07, 6.45) is 4.02. The van der Waals surface area contributed by atoms with Crippen LogP contribution in [0.5, 0.6) is 0 Å². The predicted molar refractivity (Wildman–Crippen MR) is 70.3 cm³/mol. The van der Waals surface area contributed by atoms with Crippen LogP contribution in [0.15, 0.2) is 30.6 Å². The minimum atomic E-state index is -0.171. The van der Waals surface area contributed by atoms with E-state index in [0.717, 1.165) is 37.0 Å². The maximum absolute atomic E-state index is 12.4. The molecule has 2 heterocycles. The summed E-state index contributed by atoms with van der Waals surface area (Å²) in [5.74, 6) is 0.204. The van der Waals surface area contributed by atoms with Gasteiger partial charge in [-0.25, -0.2) is 4.98 Å². The lowest BCUT2D eigenvalue weighted by atomic mass is 10.2. The molecule has 1 aromatic heterocycles. The molecule has 1 aliphatic rings. The lowest BCUT2D eigenvalue weighted by Crippen LogP contribution is -2.33. The molecule has 18 heavy (non-hydrogen) atoms. The Labute approximate surface area is 106 Å². The number of para-hydroxylation sites is 2. The smallest absolute Gasteiger partial charge is 0.245 e. The van der Waals surface area contributed by atoms with Crippen molar-refractivity contribution in [3.05, 3.63) is 30.6 Å². The molecule has 4 heteroatoms. The van der Waals surface area contributed by atoms with Gasteiger partial charge in [-0.3, -0.25) is 4.79 Å². The zero-order valence-corrected chi connectivity index (χ0v) is 10.5. The third-order valence-corrected chi connectivity index (χ3v) is 3.67. The van der Waals surface area contributed by atoms with Crippen molar-refractivity contribution in [2.45, 2.75) is 25.8 Å². The van der Waals surface area contributed by atoms with Crippen LogP contribution in [0.2, 0.25) is 0 Å². The molecule has 1 atom stereocenters. The van der Waals surface area contributed by atoms with Gasteiger partial charge < -0.3 is 9.47 Å². The van der Waals surface area contributed by atoms with E-state index < -0.39 is 0 Å². The SMILES string of the molecule is CC(C(=O)N1CCCC1)n1cnc2ccccc21. The molecule has 0 saturated carbocycles. The van der Waals surface area contributed by atoms with E-state index >= 15 is 0 Å². The van der Waals surface area contributed by atoms with Crippen LogP contribution in [0.1, 0.15) is 25.8 Å². The number of rotatable bonds is 2. The Morgan fingerprint density at radius 2 is 2.00 bits per heavy atom. The number of carbonyl (C=O) groups excluding carboxylic acids is 1. The molecule has 1 saturated heterocycles. The molecule has 4 nitrogen and oxygen atoms in total. The first-order valence-electron chi connectivity index (χ1n) is 6.48. The van der Waals surface area contributed by atoms with Gasteiger partial charge in [0.15, 0.2) is 0 Å². The predicted octanol–water partition coefficient (Wildman–Crippen LogP) is 2.22. The monoisotopic (exact) mass is 243 g/mol. The zero-order chi connectivity index (χ0) is 12.5. The summed E-state index contributed by atoms with van der Waals surface area (Å²) in [7, 11) is 0. The summed E-state index contributed by atoms with van der Waals surface area (Å²) in [6.45, 7) is 3.75. The van der Waals surface area contributed by atoms with Crippen LogP contribution in [0.4, 0.5) is 0 Å². The van der Waals surface area contributed by atoms with Crippen LogP contribution >= 0.6 is 0 Å². The van der Waals surface area contributed by atoms with Crippen LogP contribution < -0.4 is 0 Å². The molecule has 1 unspecified atom stereocenters. The zero-order valence-electron chi connectivity index (χ0n) is 10.5. The first-order chi connectivity index (χ1) is 8.77. The molecule has 1 amide bonds. The molecule has 0 aliphatic carbocycles. The normalized spacial score (nSPS) is 17.3. The van der Waals surface area contributed by atoms with E-state index in [2.05, 4.69) is 4.98 Å². The third kappa shape index (κ3) is 1.78. The molecule has 0 radical (unpaired) electrons. The van der Waals surface area contributed by atoms with Crippen LogP contribution in [-0.4, -0.2) is 33.4 Å². The van der Waals surface area contributed by atoms with Gasteiger partial charge in [0.25, 0.3) is 0 Å². The Bertz CT molecular complexity index is 569. The van der Waals surface area contributed by atoms with Crippen molar-refractivity contribution < 1.29 is 4.79 Å². The maximum Gasteiger partial charge on any atom is 0.245 e.